The van der Waals surface area contributed by atoms with Crippen LogP contribution in [-0.2, 0) is 0 Å². The first-order valence-electron chi connectivity index (χ1n) is 6.63. The molecule has 0 amide bonds. The molecule has 2 aromatic rings. The second kappa shape index (κ2) is 5.71. The third kappa shape index (κ3) is 2.73. The van der Waals surface area contributed by atoms with E-state index in [1.54, 1.807) is 0 Å². The van der Waals surface area contributed by atoms with Crippen molar-refractivity contribution < 1.29 is 0 Å². The van der Waals surface area contributed by atoms with Gasteiger partial charge in [-0.3, -0.25) is 0 Å². The van der Waals surface area contributed by atoms with Crippen molar-refractivity contribution in [1.29, 1.82) is 0 Å². The molecule has 0 aliphatic carbocycles. The maximum absolute atomic E-state index is 6.04. The lowest BCUT2D eigenvalue weighted by atomic mass is 10.0. The molecule has 96 valence electrons. The van der Waals surface area contributed by atoms with Crippen LogP contribution in [0.5, 0.6) is 0 Å². The third-order valence-electron chi connectivity index (χ3n) is 3.25. The quantitative estimate of drug-likeness (QED) is 0.869. The average molecular weight is 243 g/mol. The van der Waals surface area contributed by atoms with Gasteiger partial charge < -0.3 is 5.73 Å². The molecular weight excluding hydrogens is 222 g/mol. The van der Waals surface area contributed by atoms with Gasteiger partial charge >= 0.3 is 0 Å². The number of nitrogens with zero attached hydrogens (tertiary/aromatic N) is 2. The van der Waals surface area contributed by atoms with E-state index in [0.717, 1.165) is 11.4 Å². The van der Waals surface area contributed by atoms with Crippen molar-refractivity contribution >= 4 is 5.82 Å². The second-order valence-corrected chi connectivity index (χ2v) is 4.78. The maximum atomic E-state index is 6.04. The number of hydrogen-bond donors (Lipinski definition) is 1. The van der Waals surface area contributed by atoms with E-state index in [-0.39, 0.29) is 0 Å². The van der Waals surface area contributed by atoms with Gasteiger partial charge in [0.05, 0.1) is 11.4 Å². The fourth-order valence-electron chi connectivity index (χ4n) is 2.09. The molecule has 0 saturated carbocycles. The highest BCUT2D eigenvalue weighted by atomic mass is 15.3. The van der Waals surface area contributed by atoms with Crippen LogP contribution in [-0.4, -0.2) is 9.78 Å². The van der Waals surface area contributed by atoms with Crippen LogP contribution < -0.4 is 5.73 Å². The number of benzene rings is 1. The molecule has 1 unspecified atom stereocenters. The van der Waals surface area contributed by atoms with E-state index in [4.69, 9.17) is 5.73 Å². The molecule has 0 spiro atoms. The monoisotopic (exact) mass is 243 g/mol. The molecule has 2 rings (SSSR count). The lowest BCUT2D eigenvalue weighted by Crippen LogP contribution is -2.02. The lowest BCUT2D eigenvalue weighted by Gasteiger charge is -2.07. The molecule has 3 heteroatoms. The Hall–Kier alpha value is -1.77. The predicted molar refractivity (Wildman–Crippen MR) is 75.9 cm³/mol. The Morgan fingerprint density at radius 1 is 1.28 bits per heavy atom. The topological polar surface area (TPSA) is 43.8 Å². The molecule has 0 aliphatic heterocycles. The Bertz CT molecular complexity index is 488. The SMILES string of the molecule is CCCCC(C)c1cc(N)n(-c2ccccc2)n1. The van der Waals surface area contributed by atoms with Crippen molar-refractivity contribution in [2.75, 3.05) is 5.73 Å². The zero-order chi connectivity index (χ0) is 13.0. The van der Waals surface area contributed by atoms with E-state index < -0.39 is 0 Å². The number of rotatable bonds is 5. The standard InChI is InChI=1S/C15H21N3/c1-3-4-8-12(2)14-11-15(16)18(17-14)13-9-6-5-7-10-13/h5-7,9-12H,3-4,8,16H2,1-2H3. The summed E-state index contributed by atoms with van der Waals surface area (Å²) in [5.41, 5.74) is 8.15. The minimum absolute atomic E-state index is 0.470. The predicted octanol–water partition coefficient (Wildman–Crippen LogP) is 3.75. The van der Waals surface area contributed by atoms with Crippen LogP contribution in [0.2, 0.25) is 0 Å². The minimum atomic E-state index is 0.470. The van der Waals surface area contributed by atoms with Gasteiger partial charge in [0.2, 0.25) is 0 Å². The summed E-state index contributed by atoms with van der Waals surface area (Å²) in [5.74, 6) is 1.18. The molecule has 0 fully saturated rings. The summed E-state index contributed by atoms with van der Waals surface area (Å²) in [4.78, 5) is 0. The Balaban J connectivity index is 2.22. The van der Waals surface area contributed by atoms with Crippen LogP contribution in [0.1, 0.15) is 44.7 Å². The largest absolute Gasteiger partial charge is 0.384 e. The zero-order valence-electron chi connectivity index (χ0n) is 11.1. The van der Waals surface area contributed by atoms with Gasteiger partial charge in [-0.25, -0.2) is 4.68 Å². The number of nitrogen functional groups attached to an aromatic ring is 1. The summed E-state index contributed by atoms with van der Waals surface area (Å²) in [6.45, 7) is 4.43. The fraction of sp³-hybridized carbons (Fsp3) is 0.400. The Kier molecular flexibility index (Phi) is 4.03. The maximum Gasteiger partial charge on any atom is 0.127 e. The van der Waals surface area contributed by atoms with Crippen LogP contribution in [0.15, 0.2) is 36.4 Å². The molecule has 1 aromatic heterocycles. The number of hydrogen-bond acceptors (Lipinski definition) is 2. The van der Waals surface area contributed by atoms with Crippen molar-refractivity contribution in [1.82, 2.24) is 9.78 Å². The smallest absolute Gasteiger partial charge is 0.127 e. The summed E-state index contributed by atoms with van der Waals surface area (Å²) < 4.78 is 1.82. The molecule has 1 aromatic carbocycles. The van der Waals surface area contributed by atoms with E-state index in [9.17, 15) is 0 Å². The van der Waals surface area contributed by atoms with Gasteiger partial charge in [-0.05, 0) is 18.6 Å². The van der Waals surface area contributed by atoms with E-state index in [0.29, 0.717) is 11.7 Å². The van der Waals surface area contributed by atoms with Crippen molar-refractivity contribution in [3.63, 3.8) is 0 Å². The van der Waals surface area contributed by atoms with E-state index >= 15 is 0 Å². The average Bonchev–Trinajstić information content (AvgIpc) is 2.79. The number of para-hydroxylation sites is 1. The molecule has 0 bridgehead atoms. The van der Waals surface area contributed by atoms with Crippen molar-refractivity contribution in [2.24, 2.45) is 0 Å². The lowest BCUT2D eigenvalue weighted by molar-refractivity contribution is 0.605. The van der Waals surface area contributed by atoms with Crippen molar-refractivity contribution in [3.8, 4) is 5.69 Å². The van der Waals surface area contributed by atoms with Gasteiger partial charge in [0, 0.05) is 12.0 Å². The summed E-state index contributed by atoms with van der Waals surface area (Å²) in [7, 11) is 0. The summed E-state index contributed by atoms with van der Waals surface area (Å²) in [6, 6.07) is 12.0. The first-order valence-corrected chi connectivity index (χ1v) is 6.63. The zero-order valence-corrected chi connectivity index (χ0v) is 11.1. The molecule has 1 heterocycles. The van der Waals surface area contributed by atoms with Crippen LogP contribution in [0.25, 0.3) is 5.69 Å². The van der Waals surface area contributed by atoms with Crippen molar-refractivity contribution in [3.05, 3.63) is 42.1 Å². The summed E-state index contributed by atoms with van der Waals surface area (Å²) in [6.07, 6.45) is 3.63. The summed E-state index contributed by atoms with van der Waals surface area (Å²) >= 11 is 0. The molecular formula is C15H21N3. The number of anilines is 1. The van der Waals surface area contributed by atoms with Gasteiger partial charge in [0.15, 0.2) is 0 Å². The Morgan fingerprint density at radius 2 is 2.00 bits per heavy atom. The molecule has 2 N–H and O–H groups in total. The third-order valence-corrected chi connectivity index (χ3v) is 3.25. The normalized spacial score (nSPS) is 12.6. The van der Waals surface area contributed by atoms with Gasteiger partial charge in [0.25, 0.3) is 0 Å². The molecule has 18 heavy (non-hydrogen) atoms. The molecule has 3 nitrogen and oxygen atoms in total. The highest BCUT2D eigenvalue weighted by molar-refractivity contribution is 5.43. The molecule has 0 aliphatic rings. The Labute approximate surface area is 109 Å². The van der Waals surface area contributed by atoms with Crippen LogP contribution in [0, 0.1) is 0 Å². The second-order valence-electron chi connectivity index (χ2n) is 4.78. The van der Waals surface area contributed by atoms with E-state index in [2.05, 4.69) is 18.9 Å². The van der Waals surface area contributed by atoms with Gasteiger partial charge in [-0.15, -0.1) is 0 Å². The highest BCUT2D eigenvalue weighted by Crippen LogP contribution is 2.23. The van der Waals surface area contributed by atoms with Crippen LogP contribution in [0.4, 0.5) is 5.82 Å². The first kappa shape index (κ1) is 12.7. The molecule has 1 atom stereocenters. The first-order chi connectivity index (χ1) is 8.72. The fourth-order valence-corrected chi connectivity index (χ4v) is 2.09. The highest BCUT2D eigenvalue weighted by Gasteiger charge is 2.12. The van der Waals surface area contributed by atoms with Gasteiger partial charge in [-0.2, -0.15) is 5.10 Å². The van der Waals surface area contributed by atoms with Gasteiger partial charge in [0.1, 0.15) is 5.82 Å². The van der Waals surface area contributed by atoms with E-state index in [1.165, 1.54) is 19.3 Å². The summed E-state index contributed by atoms with van der Waals surface area (Å²) in [5, 5.41) is 4.62. The van der Waals surface area contributed by atoms with E-state index in [1.807, 2.05) is 41.1 Å². The van der Waals surface area contributed by atoms with Crippen molar-refractivity contribution in [2.45, 2.75) is 39.0 Å². The van der Waals surface area contributed by atoms with Gasteiger partial charge in [-0.1, -0.05) is 44.9 Å². The number of aromatic nitrogens is 2. The number of nitrogens with two attached hydrogens (primary N) is 1. The minimum Gasteiger partial charge on any atom is -0.384 e. The van der Waals surface area contributed by atoms with Crippen LogP contribution >= 0.6 is 0 Å². The Morgan fingerprint density at radius 3 is 2.67 bits per heavy atom. The number of unbranched alkanes of at least 4 members (excludes halogenated alkanes) is 1. The molecule has 0 saturated heterocycles. The molecule has 0 radical (unpaired) electrons. The van der Waals surface area contributed by atoms with Crippen LogP contribution in [0.3, 0.4) is 0 Å².